The van der Waals surface area contributed by atoms with E-state index < -0.39 is 22.2 Å². The van der Waals surface area contributed by atoms with Gasteiger partial charge >= 0.3 is 16.2 Å². The largest absolute Gasteiger partial charge is 0.480 e. The van der Waals surface area contributed by atoms with Crippen LogP contribution in [-0.2, 0) is 15.0 Å². The van der Waals surface area contributed by atoms with Gasteiger partial charge in [0, 0.05) is 15.5 Å². The minimum Gasteiger partial charge on any atom is -0.480 e. The van der Waals surface area contributed by atoms with Crippen molar-refractivity contribution in [2.45, 2.75) is 25.3 Å². The number of halogens is 2. The molecule has 6 nitrogen and oxygen atoms in total. The summed E-state index contributed by atoms with van der Waals surface area (Å²) in [6.07, 6.45) is 1.69. The molecule has 21 heavy (non-hydrogen) atoms. The predicted octanol–water partition coefficient (Wildman–Crippen LogP) is 2.81. The van der Waals surface area contributed by atoms with E-state index in [-0.39, 0.29) is 6.54 Å². The van der Waals surface area contributed by atoms with Crippen LogP contribution in [0.5, 0.6) is 0 Å². The van der Waals surface area contributed by atoms with Gasteiger partial charge in [0.05, 0.1) is 5.69 Å². The molecule has 1 saturated heterocycles. The summed E-state index contributed by atoms with van der Waals surface area (Å²) >= 11 is 6.55. The first-order valence-electron chi connectivity index (χ1n) is 6.29. The number of piperidine rings is 1. The highest BCUT2D eigenvalue weighted by molar-refractivity contribution is 9.11. The number of hydrogen-bond acceptors (Lipinski definition) is 3. The van der Waals surface area contributed by atoms with Crippen LogP contribution in [0, 0.1) is 0 Å². The van der Waals surface area contributed by atoms with Crippen LogP contribution in [0.4, 0.5) is 5.69 Å². The molecule has 0 bridgehead atoms. The van der Waals surface area contributed by atoms with Gasteiger partial charge < -0.3 is 5.11 Å². The van der Waals surface area contributed by atoms with Gasteiger partial charge in [-0.05, 0) is 63.3 Å². The first-order chi connectivity index (χ1) is 9.83. The Morgan fingerprint density at radius 3 is 2.48 bits per heavy atom. The lowest BCUT2D eigenvalue weighted by atomic mass is 10.1. The maximum Gasteiger partial charge on any atom is 0.322 e. The molecule has 1 aliphatic rings. The Morgan fingerprint density at radius 1 is 1.29 bits per heavy atom. The number of nitrogens with one attached hydrogen (secondary N) is 1. The molecule has 1 aromatic carbocycles. The molecule has 0 saturated carbocycles. The van der Waals surface area contributed by atoms with Crippen LogP contribution < -0.4 is 4.72 Å². The standard InChI is InChI=1S/C12H14Br2N2O4S/c13-8-4-3-5-9(14)11(8)15-21(19,20)16-7-2-1-6-10(16)12(17)18/h3-5,10,15H,1-2,6-7H2,(H,17,18). The first kappa shape index (κ1) is 16.7. The highest BCUT2D eigenvalue weighted by Gasteiger charge is 2.37. The van der Waals surface area contributed by atoms with Crippen LogP contribution in [0.25, 0.3) is 0 Å². The molecule has 9 heteroatoms. The smallest absolute Gasteiger partial charge is 0.322 e. The summed E-state index contributed by atoms with van der Waals surface area (Å²) < 4.78 is 29.6. The predicted molar refractivity (Wildman–Crippen MR) is 86.4 cm³/mol. The summed E-state index contributed by atoms with van der Waals surface area (Å²) in [7, 11) is -3.93. The topological polar surface area (TPSA) is 86.7 Å². The molecule has 116 valence electrons. The molecule has 1 unspecified atom stereocenters. The number of rotatable bonds is 4. The van der Waals surface area contributed by atoms with E-state index in [9.17, 15) is 18.3 Å². The van der Waals surface area contributed by atoms with E-state index in [1.807, 2.05) is 0 Å². The number of carbonyl (C=O) groups is 1. The van der Waals surface area contributed by atoms with Gasteiger partial charge in [-0.25, -0.2) is 0 Å². The van der Waals surface area contributed by atoms with Gasteiger partial charge in [-0.15, -0.1) is 0 Å². The van der Waals surface area contributed by atoms with Gasteiger partial charge in [-0.2, -0.15) is 12.7 Å². The lowest BCUT2D eigenvalue weighted by Gasteiger charge is -2.32. The number of aliphatic carboxylic acids is 1. The monoisotopic (exact) mass is 440 g/mol. The molecule has 0 aliphatic carbocycles. The van der Waals surface area contributed by atoms with Crippen molar-refractivity contribution < 1.29 is 18.3 Å². The number of hydrogen-bond donors (Lipinski definition) is 2. The van der Waals surface area contributed by atoms with E-state index in [4.69, 9.17) is 0 Å². The third kappa shape index (κ3) is 3.77. The Bertz CT molecular complexity index is 630. The molecule has 1 aliphatic heterocycles. The highest BCUT2D eigenvalue weighted by atomic mass is 79.9. The van der Waals surface area contributed by atoms with Crippen LogP contribution in [-0.4, -0.2) is 36.4 Å². The number of carboxylic acid groups (broad SMARTS) is 1. The second kappa shape index (κ2) is 6.64. The Hall–Kier alpha value is -0.640. The fourth-order valence-corrected chi connectivity index (χ4v) is 5.18. The summed E-state index contributed by atoms with van der Waals surface area (Å²) in [4.78, 5) is 11.2. The Labute approximate surface area is 140 Å². The second-order valence-corrected chi connectivity index (χ2v) is 8.00. The van der Waals surface area contributed by atoms with E-state index in [2.05, 4.69) is 36.6 Å². The average Bonchev–Trinajstić information content (AvgIpc) is 2.43. The zero-order chi connectivity index (χ0) is 15.6. The maximum atomic E-state index is 12.5. The van der Waals surface area contributed by atoms with E-state index in [0.717, 1.165) is 4.31 Å². The van der Waals surface area contributed by atoms with E-state index in [1.165, 1.54) is 0 Å². The Morgan fingerprint density at radius 2 is 1.90 bits per heavy atom. The van der Waals surface area contributed by atoms with Crippen LogP contribution >= 0.6 is 31.9 Å². The van der Waals surface area contributed by atoms with E-state index in [0.29, 0.717) is 33.9 Å². The molecule has 0 spiro atoms. The lowest BCUT2D eigenvalue weighted by Crippen LogP contribution is -2.50. The number of anilines is 1. The summed E-state index contributed by atoms with van der Waals surface area (Å²) in [5, 5.41) is 9.19. The summed E-state index contributed by atoms with van der Waals surface area (Å²) in [5.41, 5.74) is 0.354. The fraction of sp³-hybridized carbons (Fsp3) is 0.417. The van der Waals surface area contributed by atoms with Crippen molar-refractivity contribution in [3.05, 3.63) is 27.1 Å². The van der Waals surface area contributed by atoms with Crippen molar-refractivity contribution in [1.82, 2.24) is 4.31 Å². The average molecular weight is 442 g/mol. The quantitative estimate of drug-likeness (QED) is 0.751. The third-order valence-electron chi connectivity index (χ3n) is 3.24. The van der Waals surface area contributed by atoms with Gasteiger partial charge in [0.1, 0.15) is 6.04 Å². The van der Waals surface area contributed by atoms with Gasteiger partial charge in [0.15, 0.2) is 0 Å². The Kier molecular flexibility index (Phi) is 5.29. The van der Waals surface area contributed by atoms with Crippen molar-refractivity contribution in [3.63, 3.8) is 0 Å². The van der Waals surface area contributed by atoms with Gasteiger partial charge in [0.25, 0.3) is 0 Å². The molecule has 2 rings (SSSR count). The second-order valence-electron chi connectivity index (χ2n) is 4.66. The summed E-state index contributed by atoms with van der Waals surface area (Å²) in [5.74, 6) is -1.12. The van der Waals surface area contributed by atoms with Crippen LogP contribution in [0.1, 0.15) is 19.3 Å². The summed E-state index contributed by atoms with van der Waals surface area (Å²) in [6, 6.07) is 4.14. The van der Waals surface area contributed by atoms with Crippen LogP contribution in [0.3, 0.4) is 0 Å². The number of benzene rings is 1. The number of nitrogens with zero attached hydrogens (tertiary/aromatic N) is 1. The van der Waals surface area contributed by atoms with Crippen molar-refractivity contribution in [1.29, 1.82) is 0 Å². The summed E-state index contributed by atoms with van der Waals surface area (Å²) in [6.45, 7) is 0.203. The molecule has 1 atom stereocenters. The molecular formula is C12H14Br2N2O4S. The lowest BCUT2D eigenvalue weighted by molar-refractivity contribution is -0.142. The zero-order valence-corrected chi connectivity index (χ0v) is 14.9. The van der Waals surface area contributed by atoms with Crippen molar-refractivity contribution in [3.8, 4) is 0 Å². The minimum atomic E-state index is -3.93. The number of para-hydroxylation sites is 1. The fourth-order valence-electron chi connectivity index (χ4n) is 2.22. The minimum absolute atomic E-state index is 0.203. The van der Waals surface area contributed by atoms with Crippen molar-refractivity contribution >= 4 is 53.7 Å². The normalized spacial score (nSPS) is 20.2. The van der Waals surface area contributed by atoms with E-state index >= 15 is 0 Å². The van der Waals surface area contributed by atoms with Crippen molar-refractivity contribution in [2.24, 2.45) is 0 Å². The molecule has 0 aromatic heterocycles. The first-order valence-corrected chi connectivity index (χ1v) is 9.32. The molecule has 0 radical (unpaired) electrons. The van der Waals surface area contributed by atoms with Crippen LogP contribution in [0.2, 0.25) is 0 Å². The SMILES string of the molecule is O=C(O)C1CCCCN1S(=O)(=O)Nc1c(Br)cccc1Br. The molecule has 1 aromatic rings. The molecular weight excluding hydrogens is 428 g/mol. The Balaban J connectivity index is 2.31. The molecule has 1 fully saturated rings. The maximum absolute atomic E-state index is 12.5. The molecule has 1 heterocycles. The molecule has 0 amide bonds. The van der Waals surface area contributed by atoms with Crippen molar-refractivity contribution in [2.75, 3.05) is 11.3 Å². The third-order valence-corrected chi connectivity index (χ3v) is 6.08. The van der Waals surface area contributed by atoms with Gasteiger partial charge in [-0.3, -0.25) is 9.52 Å². The zero-order valence-electron chi connectivity index (χ0n) is 10.9. The van der Waals surface area contributed by atoms with E-state index in [1.54, 1.807) is 18.2 Å². The molecule has 2 N–H and O–H groups in total. The highest BCUT2D eigenvalue weighted by Crippen LogP contribution is 2.32. The van der Waals surface area contributed by atoms with Crippen LogP contribution in [0.15, 0.2) is 27.1 Å². The van der Waals surface area contributed by atoms with Gasteiger partial charge in [0.2, 0.25) is 0 Å². The number of carboxylic acids is 1. The van der Waals surface area contributed by atoms with Gasteiger partial charge in [-0.1, -0.05) is 6.07 Å².